The van der Waals surface area contributed by atoms with Crippen molar-refractivity contribution in [1.82, 2.24) is 10.3 Å². The van der Waals surface area contributed by atoms with Crippen molar-refractivity contribution >= 4 is 11.6 Å². The first kappa shape index (κ1) is 12.8. The minimum absolute atomic E-state index is 0.0214. The Morgan fingerprint density at radius 1 is 1.35 bits per heavy atom. The molecular formula is C16H17N3O. The van der Waals surface area contributed by atoms with E-state index in [-0.39, 0.29) is 5.78 Å². The number of benzene rings is 1. The number of pyridine rings is 1. The third-order valence-corrected chi connectivity index (χ3v) is 3.80. The van der Waals surface area contributed by atoms with Crippen LogP contribution in [0.25, 0.3) is 0 Å². The molecule has 1 aromatic carbocycles. The molecule has 1 aliphatic rings. The maximum Gasteiger partial charge on any atom is 0.197 e. The van der Waals surface area contributed by atoms with Crippen LogP contribution in [0.3, 0.4) is 0 Å². The van der Waals surface area contributed by atoms with E-state index < -0.39 is 0 Å². The van der Waals surface area contributed by atoms with Crippen molar-refractivity contribution in [3.63, 3.8) is 0 Å². The summed E-state index contributed by atoms with van der Waals surface area (Å²) in [7, 11) is 0. The zero-order chi connectivity index (χ0) is 14.1. The van der Waals surface area contributed by atoms with Crippen molar-refractivity contribution in [1.29, 1.82) is 0 Å². The molecule has 0 radical (unpaired) electrons. The van der Waals surface area contributed by atoms with Gasteiger partial charge in [0.05, 0.1) is 5.56 Å². The highest BCUT2D eigenvalue weighted by molar-refractivity contribution is 6.13. The van der Waals surface area contributed by atoms with Gasteiger partial charge in [0.1, 0.15) is 5.82 Å². The molecule has 0 saturated heterocycles. The van der Waals surface area contributed by atoms with E-state index in [2.05, 4.69) is 16.4 Å². The average Bonchev–Trinajstić information content (AvgIpc) is 2.46. The standard InChI is InChI=1S/C16H17N3O/c1-10-5-8-19-16(17)14(10)15(20)13-4-2-3-11-9-18-7-6-12(11)13/h2-5,8,18H,6-7,9H2,1H3,(H2,17,19). The molecule has 4 heteroatoms. The highest BCUT2D eigenvalue weighted by Gasteiger charge is 2.21. The van der Waals surface area contributed by atoms with Crippen LogP contribution in [-0.4, -0.2) is 17.3 Å². The van der Waals surface area contributed by atoms with Crippen LogP contribution in [0.5, 0.6) is 0 Å². The van der Waals surface area contributed by atoms with Gasteiger partial charge in [-0.05, 0) is 42.6 Å². The number of nitrogens with two attached hydrogens (primary N) is 1. The second-order valence-electron chi connectivity index (χ2n) is 5.09. The highest BCUT2D eigenvalue weighted by atomic mass is 16.1. The zero-order valence-corrected chi connectivity index (χ0v) is 11.4. The second kappa shape index (κ2) is 5.06. The summed E-state index contributed by atoms with van der Waals surface area (Å²) >= 11 is 0. The van der Waals surface area contributed by atoms with E-state index in [1.165, 1.54) is 5.56 Å². The summed E-state index contributed by atoms with van der Waals surface area (Å²) in [5, 5.41) is 3.32. The Morgan fingerprint density at radius 2 is 2.20 bits per heavy atom. The molecule has 3 N–H and O–H groups in total. The minimum Gasteiger partial charge on any atom is -0.383 e. The first-order valence-electron chi connectivity index (χ1n) is 6.75. The lowest BCUT2D eigenvalue weighted by Crippen LogP contribution is -2.25. The molecule has 0 atom stereocenters. The molecule has 3 rings (SSSR count). The molecule has 0 saturated carbocycles. The summed E-state index contributed by atoms with van der Waals surface area (Å²) in [6.07, 6.45) is 2.50. The lowest BCUT2D eigenvalue weighted by Gasteiger charge is -2.20. The fraction of sp³-hybridized carbons (Fsp3) is 0.250. The zero-order valence-electron chi connectivity index (χ0n) is 11.4. The van der Waals surface area contributed by atoms with Gasteiger partial charge in [0, 0.05) is 18.3 Å². The second-order valence-corrected chi connectivity index (χ2v) is 5.09. The number of fused-ring (bicyclic) bond motifs is 1. The molecule has 1 aliphatic heterocycles. The SMILES string of the molecule is Cc1ccnc(N)c1C(=O)c1cccc2c1CCNC2. The first-order valence-corrected chi connectivity index (χ1v) is 6.75. The molecule has 2 heterocycles. The molecule has 102 valence electrons. The van der Waals surface area contributed by atoms with Gasteiger partial charge in [0.25, 0.3) is 0 Å². The normalized spacial score (nSPS) is 13.8. The maximum atomic E-state index is 12.8. The Hall–Kier alpha value is -2.20. The van der Waals surface area contributed by atoms with Gasteiger partial charge in [-0.25, -0.2) is 4.98 Å². The number of carbonyl (C=O) groups is 1. The van der Waals surface area contributed by atoms with Crippen LogP contribution in [0.1, 0.15) is 32.6 Å². The summed E-state index contributed by atoms with van der Waals surface area (Å²) in [5.41, 5.74) is 10.4. The predicted octanol–water partition coefficient (Wildman–Crippen LogP) is 1.85. The number of ketones is 1. The van der Waals surface area contributed by atoms with Crippen molar-refractivity contribution in [2.24, 2.45) is 0 Å². The number of anilines is 1. The van der Waals surface area contributed by atoms with Gasteiger partial charge in [-0.3, -0.25) is 4.79 Å². The molecule has 0 amide bonds. The van der Waals surface area contributed by atoms with Gasteiger partial charge < -0.3 is 11.1 Å². The van der Waals surface area contributed by atoms with Gasteiger partial charge >= 0.3 is 0 Å². The van der Waals surface area contributed by atoms with E-state index in [0.717, 1.165) is 36.2 Å². The molecule has 20 heavy (non-hydrogen) atoms. The quantitative estimate of drug-likeness (QED) is 0.815. The molecule has 0 bridgehead atoms. The van der Waals surface area contributed by atoms with Gasteiger partial charge in [0.15, 0.2) is 5.78 Å². The first-order chi connectivity index (χ1) is 9.68. The summed E-state index contributed by atoms with van der Waals surface area (Å²) in [4.78, 5) is 16.9. The summed E-state index contributed by atoms with van der Waals surface area (Å²) in [6, 6.07) is 7.71. The van der Waals surface area contributed by atoms with Crippen LogP contribution in [0, 0.1) is 6.92 Å². The molecule has 4 nitrogen and oxygen atoms in total. The Balaban J connectivity index is 2.12. The number of aryl methyl sites for hydroxylation is 1. The number of nitrogen functional groups attached to an aromatic ring is 1. The number of rotatable bonds is 2. The summed E-state index contributed by atoms with van der Waals surface area (Å²) in [6.45, 7) is 3.61. The van der Waals surface area contributed by atoms with Crippen LogP contribution in [0.4, 0.5) is 5.82 Å². The van der Waals surface area contributed by atoms with E-state index in [1.54, 1.807) is 6.20 Å². The topological polar surface area (TPSA) is 68.0 Å². The number of hydrogen-bond donors (Lipinski definition) is 2. The highest BCUT2D eigenvalue weighted by Crippen LogP contribution is 2.24. The van der Waals surface area contributed by atoms with Crippen molar-refractivity contribution in [3.05, 3.63) is 58.3 Å². The number of nitrogens with zero attached hydrogens (tertiary/aromatic N) is 1. The fourth-order valence-corrected chi connectivity index (χ4v) is 2.75. The number of carbonyl (C=O) groups excluding carboxylic acids is 1. The molecule has 0 unspecified atom stereocenters. The van der Waals surface area contributed by atoms with E-state index in [9.17, 15) is 4.79 Å². The molecule has 0 aliphatic carbocycles. The van der Waals surface area contributed by atoms with E-state index in [1.807, 2.05) is 25.1 Å². The molecule has 0 fully saturated rings. The lowest BCUT2D eigenvalue weighted by molar-refractivity contribution is 0.103. The van der Waals surface area contributed by atoms with Crippen molar-refractivity contribution in [2.75, 3.05) is 12.3 Å². The molecular weight excluding hydrogens is 250 g/mol. The smallest absolute Gasteiger partial charge is 0.197 e. The Kier molecular flexibility index (Phi) is 3.24. The monoisotopic (exact) mass is 267 g/mol. The number of nitrogens with one attached hydrogen (secondary N) is 1. The van der Waals surface area contributed by atoms with Crippen molar-refractivity contribution in [3.8, 4) is 0 Å². The van der Waals surface area contributed by atoms with Crippen LogP contribution in [-0.2, 0) is 13.0 Å². The van der Waals surface area contributed by atoms with Gasteiger partial charge in [-0.2, -0.15) is 0 Å². The minimum atomic E-state index is -0.0214. The largest absolute Gasteiger partial charge is 0.383 e. The third-order valence-electron chi connectivity index (χ3n) is 3.80. The summed E-state index contributed by atoms with van der Waals surface area (Å²) in [5.74, 6) is 0.286. The van der Waals surface area contributed by atoms with Crippen molar-refractivity contribution < 1.29 is 4.79 Å². The number of aromatic nitrogens is 1. The predicted molar refractivity (Wildman–Crippen MR) is 78.7 cm³/mol. The maximum absolute atomic E-state index is 12.8. The van der Waals surface area contributed by atoms with E-state index in [0.29, 0.717) is 11.4 Å². The number of hydrogen-bond acceptors (Lipinski definition) is 4. The summed E-state index contributed by atoms with van der Waals surface area (Å²) < 4.78 is 0. The molecule has 1 aromatic heterocycles. The Labute approximate surface area is 118 Å². The van der Waals surface area contributed by atoms with Gasteiger partial charge in [-0.15, -0.1) is 0 Å². The Bertz CT molecular complexity index is 659. The van der Waals surface area contributed by atoms with Crippen LogP contribution >= 0.6 is 0 Å². The third kappa shape index (κ3) is 2.08. The van der Waals surface area contributed by atoms with Crippen LogP contribution in [0.2, 0.25) is 0 Å². The van der Waals surface area contributed by atoms with E-state index in [4.69, 9.17) is 5.73 Å². The van der Waals surface area contributed by atoms with E-state index >= 15 is 0 Å². The molecule has 0 spiro atoms. The van der Waals surface area contributed by atoms with Gasteiger partial charge in [0.2, 0.25) is 0 Å². The Morgan fingerprint density at radius 3 is 3.00 bits per heavy atom. The average molecular weight is 267 g/mol. The molecule has 2 aromatic rings. The van der Waals surface area contributed by atoms with Gasteiger partial charge in [-0.1, -0.05) is 18.2 Å². The lowest BCUT2D eigenvalue weighted by atomic mass is 9.90. The fourth-order valence-electron chi connectivity index (χ4n) is 2.75. The van der Waals surface area contributed by atoms with Crippen molar-refractivity contribution in [2.45, 2.75) is 19.9 Å². The van der Waals surface area contributed by atoms with Crippen LogP contribution < -0.4 is 11.1 Å². The van der Waals surface area contributed by atoms with Crippen LogP contribution in [0.15, 0.2) is 30.5 Å².